The largest absolute Gasteiger partial charge is 0.481 e. The lowest BCUT2D eigenvalue weighted by atomic mass is 9.88. The van der Waals surface area contributed by atoms with E-state index in [-0.39, 0.29) is 23.5 Å². The van der Waals surface area contributed by atoms with Gasteiger partial charge in [-0.05, 0) is 12.3 Å². The average molecular weight is 184 g/mol. The molecule has 0 spiro atoms. The zero-order valence-electron chi connectivity index (χ0n) is 8.28. The van der Waals surface area contributed by atoms with Crippen molar-refractivity contribution in [2.24, 2.45) is 23.7 Å². The molecule has 1 fully saturated rings. The number of carbonyl (C=O) groups is 2. The van der Waals surface area contributed by atoms with Gasteiger partial charge in [0.1, 0.15) is 5.78 Å². The molecule has 0 saturated heterocycles. The van der Waals surface area contributed by atoms with Crippen LogP contribution in [0.25, 0.3) is 0 Å². The first-order valence-corrected chi connectivity index (χ1v) is 4.77. The summed E-state index contributed by atoms with van der Waals surface area (Å²) in [5.41, 5.74) is 0. The smallest absolute Gasteiger partial charge is 0.307 e. The lowest BCUT2D eigenvalue weighted by molar-refractivity contribution is -0.145. The van der Waals surface area contributed by atoms with Crippen molar-refractivity contribution in [3.8, 4) is 0 Å². The minimum Gasteiger partial charge on any atom is -0.481 e. The minimum absolute atomic E-state index is 0.00926. The SMILES string of the molecule is CCC1C(=O)C(C)C(C(=O)O)C1C. The molecule has 0 aromatic rings. The van der Waals surface area contributed by atoms with Crippen molar-refractivity contribution in [2.45, 2.75) is 27.2 Å². The highest BCUT2D eigenvalue weighted by atomic mass is 16.4. The Morgan fingerprint density at radius 2 is 2.00 bits per heavy atom. The molecule has 1 saturated carbocycles. The maximum atomic E-state index is 11.6. The maximum Gasteiger partial charge on any atom is 0.307 e. The fourth-order valence-corrected chi connectivity index (χ4v) is 2.49. The van der Waals surface area contributed by atoms with Gasteiger partial charge in [-0.15, -0.1) is 0 Å². The zero-order valence-corrected chi connectivity index (χ0v) is 8.28. The standard InChI is InChI=1S/C10H16O3/c1-4-7-5(2)8(10(12)13)6(3)9(7)11/h5-8H,4H2,1-3H3,(H,12,13). The van der Waals surface area contributed by atoms with E-state index >= 15 is 0 Å². The highest BCUT2D eigenvalue weighted by Gasteiger charge is 2.47. The van der Waals surface area contributed by atoms with Crippen LogP contribution in [-0.2, 0) is 9.59 Å². The lowest BCUT2D eigenvalue weighted by Crippen LogP contribution is -2.23. The van der Waals surface area contributed by atoms with E-state index in [1.54, 1.807) is 6.92 Å². The van der Waals surface area contributed by atoms with Crippen LogP contribution in [0.5, 0.6) is 0 Å². The number of hydrogen-bond donors (Lipinski definition) is 1. The van der Waals surface area contributed by atoms with Gasteiger partial charge in [-0.1, -0.05) is 20.8 Å². The molecule has 0 amide bonds. The quantitative estimate of drug-likeness (QED) is 0.708. The van der Waals surface area contributed by atoms with E-state index in [1.165, 1.54) is 0 Å². The van der Waals surface area contributed by atoms with Gasteiger partial charge in [0.15, 0.2) is 0 Å². The average Bonchev–Trinajstić information content (AvgIpc) is 2.24. The van der Waals surface area contributed by atoms with Crippen LogP contribution in [0.2, 0.25) is 0 Å². The van der Waals surface area contributed by atoms with E-state index in [4.69, 9.17) is 5.11 Å². The maximum absolute atomic E-state index is 11.6. The van der Waals surface area contributed by atoms with Gasteiger partial charge in [-0.25, -0.2) is 0 Å². The Kier molecular flexibility index (Phi) is 2.74. The van der Waals surface area contributed by atoms with Crippen LogP contribution in [0.4, 0.5) is 0 Å². The van der Waals surface area contributed by atoms with Crippen molar-refractivity contribution in [1.29, 1.82) is 0 Å². The second-order valence-electron chi connectivity index (χ2n) is 3.93. The molecule has 1 aliphatic rings. The molecule has 0 aliphatic heterocycles. The summed E-state index contributed by atoms with van der Waals surface area (Å²) in [4.78, 5) is 22.5. The van der Waals surface area contributed by atoms with Gasteiger partial charge in [0.25, 0.3) is 0 Å². The van der Waals surface area contributed by atoms with Gasteiger partial charge in [-0.3, -0.25) is 9.59 Å². The fraction of sp³-hybridized carbons (Fsp3) is 0.800. The molecule has 0 aromatic heterocycles. The second-order valence-corrected chi connectivity index (χ2v) is 3.93. The molecule has 0 heterocycles. The number of hydrogen-bond acceptors (Lipinski definition) is 2. The van der Waals surface area contributed by atoms with Crippen molar-refractivity contribution in [1.82, 2.24) is 0 Å². The Hall–Kier alpha value is -0.860. The molecule has 1 aliphatic carbocycles. The summed E-state index contributed by atoms with van der Waals surface area (Å²) in [7, 11) is 0. The van der Waals surface area contributed by atoms with Gasteiger partial charge >= 0.3 is 5.97 Å². The first-order valence-electron chi connectivity index (χ1n) is 4.77. The van der Waals surface area contributed by atoms with Crippen LogP contribution in [0.3, 0.4) is 0 Å². The Balaban J connectivity index is 2.91. The number of Topliss-reactive ketones (excluding diaryl/α,β-unsaturated/α-hetero) is 1. The van der Waals surface area contributed by atoms with Crippen molar-refractivity contribution in [3.05, 3.63) is 0 Å². The zero-order chi connectivity index (χ0) is 10.2. The number of carbonyl (C=O) groups excluding carboxylic acids is 1. The summed E-state index contributed by atoms with van der Waals surface area (Å²) in [6.45, 7) is 5.54. The summed E-state index contributed by atoms with van der Waals surface area (Å²) >= 11 is 0. The van der Waals surface area contributed by atoms with Crippen LogP contribution in [0.1, 0.15) is 27.2 Å². The predicted octanol–water partition coefficient (Wildman–Crippen LogP) is 1.57. The monoisotopic (exact) mass is 184 g/mol. The predicted molar refractivity (Wildman–Crippen MR) is 48.2 cm³/mol. The van der Waals surface area contributed by atoms with Gasteiger partial charge in [0, 0.05) is 11.8 Å². The first kappa shape index (κ1) is 10.2. The van der Waals surface area contributed by atoms with Gasteiger partial charge in [0.2, 0.25) is 0 Å². The fourth-order valence-electron chi connectivity index (χ4n) is 2.49. The molecule has 3 nitrogen and oxygen atoms in total. The number of aliphatic carboxylic acids is 1. The molecule has 0 radical (unpaired) electrons. The molecule has 1 N–H and O–H groups in total. The molecule has 0 aromatic carbocycles. The highest BCUT2D eigenvalue weighted by Crippen LogP contribution is 2.40. The Labute approximate surface area is 78.1 Å². The summed E-state index contributed by atoms with van der Waals surface area (Å²) in [5.74, 6) is -1.54. The molecular weight excluding hydrogens is 168 g/mol. The van der Waals surface area contributed by atoms with E-state index in [0.29, 0.717) is 0 Å². The van der Waals surface area contributed by atoms with Gasteiger partial charge in [0.05, 0.1) is 5.92 Å². The van der Waals surface area contributed by atoms with Crippen LogP contribution in [-0.4, -0.2) is 16.9 Å². The third-order valence-corrected chi connectivity index (χ3v) is 3.28. The highest BCUT2D eigenvalue weighted by molar-refractivity contribution is 5.91. The van der Waals surface area contributed by atoms with Crippen LogP contribution in [0, 0.1) is 23.7 Å². The summed E-state index contributed by atoms with van der Waals surface area (Å²) in [6, 6.07) is 0. The van der Waals surface area contributed by atoms with E-state index < -0.39 is 11.9 Å². The molecule has 1 rings (SSSR count). The van der Waals surface area contributed by atoms with Crippen molar-refractivity contribution in [3.63, 3.8) is 0 Å². The van der Waals surface area contributed by atoms with Gasteiger partial charge in [-0.2, -0.15) is 0 Å². The second kappa shape index (κ2) is 3.48. The van der Waals surface area contributed by atoms with Crippen LogP contribution in [0.15, 0.2) is 0 Å². The van der Waals surface area contributed by atoms with E-state index in [2.05, 4.69) is 0 Å². The van der Waals surface area contributed by atoms with Crippen molar-refractivity contribution >= 4 is 11.8 Å². The molecule has 4 unspecified atom stereocenters. The molecule has 3 heteroatoms. The number of rotatable bonds is 2. The normalized spacial score (nSPS) is 39.5. The summed E-state index contributed by atoms with van der Waals surface area (Å²) in [6.07, 6.45) is 0.758. The number of carboxylic acids is 1. The molecule has 13 heavy (non-hydrogen) atoms. The summed E-state index contributed by atoms with van der Waals surface area (Å²) < 4.78 is 0. The van der Waals surface area contributed by atoms with E-state index in [0.717, 1.165) is 6.42 Å². The number of ketones is 1. The Bertz CT molecular complexity index is 234. The molecule has 74 valence electrons. The number of carboxylic acid groups (broad SMARTS) is 1. The lowest BCUT2D eigenvalue weighted by Gasteiger charge is -2.15. The summed E-state index contributed by atoms with van der Waals surface area (Å²) in [5, 5.41) is 8.93. The first-order chi connectivity index (χ1) is 6.00. The van der Waals surface area contributed by atoms with Crippen LogP contribution >= 0.6 is 0 Å². The van der Waals surface area contributed by atoms with E-state index in [9.17, 15) is 9.59 Å². The Morgan fingerprint density at radius 3 is 2.23 bits per heavy atom. The van der Waals surface area contributed by atoms with Crippen molar-refractivity contribution in [2.75, 3.05) is 0 Å². The molecule has 0 bridgehead atoms. The third-order valence-electron chi connectivity index (χ3n) is 3.28. The molecule has 4 atom stereocenters. The Morgan fingerprint density at radius 1 is 1.46 bits per heavy atom. The van der Waals surface area contributed by atoms with E-state index in [1.807, 2.05) is 13.8 Å². The topological polar surface area (TPSA) is 54.4 Å². The van der Waals surface area contributed by atoms with Gasteiger partial charge < -0.3 is 5.11 Å². The van der Waals surface area contributed by atoms with Crippen LogP contribution < -0.4 is 0 Å². The molecular formula is C10H16O3. The third kappa shape index (κ3) is 1.47. The minimum atomic E-state index is -0.829. The van der Waals surface area contributed by atoms with Crippen molar-refractivity contribution < 1.29 is 14.7 Å².